The second-order valence-electron chi connectivity index (χ2n) is 8.47. The van der Waals surface area contributed by atoms with E-state index in [1.54, 1.807) is 12.1 Å². The molecule has 4 heterocycles. The van der Waals surface area contributed by atoms with E-state index in [-0.39, 0.29) is 5.91 Å². The summed E-state index contributed by atoms with van der Waals surface area (Å²) in [4.78, 5) is 26.7. The molecule has 6 rings (SSSR count). The van der Waals surface area contributed by atoms with Crippen LogP contribution in [-0.4, -0.2) is 56.7 Å². The topological polar surface area (TPSA) is 80.3 Å². The van der Waals surface area contributed by atoms with Gasteiger partial charge in [0.15, 0.2) is 11.4 Å². The molecule has 0 bridgehead atoms. The highest BCUT2D eigenvalue weighted by atomic mass is 16.3. The molecule has 1 amide bonds. The summed E-state index contributed by atoms with van der Waals surface area (Å²) in [6.45, 7) is 4.67. The first-order chi connectivity index (χ1) is 15.7. The smallest absolute Gasteiger partial charge is 0.289 e. The van der Waals surface area contributed by atoms with Gasteiger partial charge in [0.25, 0.3) is 5.91 Å². The van der Waals surface area contributed by atoms with Crippen LogP contribution in [0.25, 0.3) is 16.7 Å². The minimum atomic E-state index is -0.0609. The fourth-order valence-corrected chi connectivity index (χ4v) is 4.36. The van der Waals surface area contributed by atoms with Crippen molar-refractivity contribution in [2.24, 2.45) is 0 Å². The van der Waals surface area contributed by atoms with Gasteiger partial charge in [-0.25, -0.2) is 14.6 Å². The van der Waals surface area contributed by atoms with Gasteiger partial charge in [-0.3, -0.25) is 4.79 Å². The van der Waals surface area contributed by atoms with Crippen molar-refractivity contribution in [2.45, 2.75) is 25.7 Å². The summed E-state index contributed by atoms with van der Waals surface area (Å²) in [5.74, 6) is 2.59. The first-order valence-electron chi connectivity index (χ1n) is 11.1. The summed E-state index contributed by atoms with van der Waals surface area (Å²) in [5.41, 5.74) is 2.76. The number of hydrogen-bond acceptors (Lipinski definition) is 6. The molecule has 0 atom stereocenters. The van der Waals surface area contributed by atoms with Crippen LogP contribution >= 0.6 is 0 Å². The molecule has 32 heavy (non-hydrogen) atoms. The Labute approximate surface area is 185 Å². The molecule has 2 fully saturated rings. The molecule has 0 N–H and O–H groups in total. The molecule has 2 aliphatic rings. The predicted octanol–water partition coefficient (Wildman–Crippen LogP) is 3.56. The lowest BCUT2D eigenvalue weighted by Gasteiger charge is -2.35. The van der Waals surface area contributed by atoms with Crippen LogP contribution in [0.1, 0.15) is 40.8 Å². The van der Waals surface area contributed by atoms with Crippen LogP contribution in [0.4, 0.5) is 5.82 Å². The first-order valence-corrected chi connectivity index (χ1v) is 11.1. The van der Waals surface area contributed by atoms with Gasteiger partial charge in [0, 0.05) is 32.1 Å². The lowest BCUT2D eigenvalue weighted by atomic mass is 10.2. The van der Waals surface area contributed by atoms with Crippen molar-refractivity contribution in [2.75, 3.05) is 31.1 Å². The summed E-state index contributed by atoms with van der Waals surface area (Å²) in [6, 6.07) is 13.6. The Kier molecular flexibility index (Phi) is 4.45. The Morgan fingerprint density at radius 2 is 1.78 bits per heavy atom. The number of amides is 1. The van der Waals surface area contributed by atoms with Gasteiger partial charge in [0.05, 0.1) is 23.0 Å². The van der Waals surface area contributed by atoms with E-state index in [4.69, 9.17) is 19.5 Å². The van der Waals surface area contributed by atoms with Crippen LogP contribution in [0.15, 0.2) is 53.1 Å². The van der Waals surface area contributed by atoms with Crippen molar-refractivity contribution in [1.29, 1.82) is 0 Å². The zero-order chi connectivity index (χ0) is 21.7. The lowest BCUT2D eigenvalue weighted by molar-refractivity contribution is 0.0714. The SMILES string of the molecule is Cc1nn(-c2ccccc2)c2nc(C3CC3)nc(N3CCN(C(=O)c4ccco4)CC3)c12. The number of aromatic nitrogens is 4. The number of piperazine rings is 1. The van der Waals surface area contributed by atoms with Crippen molar-refractivity contribution in [3.8, 4) is 5.69 Å². The Bertz CT molecular complexity index is 1270. The highest BCUT2D eigenvalue weighted by Crippen LogP contribution is 2.40. The molecule has 3 aromatic heterocycles. The van der Waals surface area contributed by atoms with E-state index in [9.17, 15) is 4.79 Å². The third-order valence-corrected chi connectivity index (χ3v) is 6.24. The second kappa shape index (κ2) is 7.47. The van der Waals surface area contributed by atoms with Crippen molar-refractivity contribution in [3.05, 3.63) is 66.0 Å². The molecule has 8 nitrogen and oxygen atoms in total. The molecule has 0 radical (unpaired) electrons. The van der Waals surface area contributed by atoms with Crippen molar-refractivity contribution in [3.63, 3.8) is 0 Å². The summed E-state index contributed by atoms with van der Waals surface area (Å²) in [6.07, 6.45) is 3.80. The third-order valence-electron chi connectivity index (χ3n) is 6.24. The van der Waals surface area contributed by atoms with Crippen LogP contribution in [-0.2, 0) is 0 Å². The largest absolute Gasteiger partial charge is 0.459 e. The quantitative estimate of drug-likeness (QED) is 0.495. The van der Waals surface area contributed by atoms with E-state index in [1.165, 1.54) is 6.26 Å². The fourth-order valence-electron chi connectivity index (χ4n) is 4.36. The second-order valence-corrected chi connectivity index (χ2v) is 8.47. The first kappa shape index (κ1) is 19.0. The molecule has 8 heteroatoms. The zero-order valence-corrected chi connectivity index (χ0v) is 17.9. The predicted molar refractivity (Wildman–Crippen MR) is 120 cm³/mol. The maximum Gasteiger partial charge on any atom is 0.289 e. The average Bonchev–Trinajstić information content (AvgIpc) is 3.44. The number of furan rings is 1. The molecular formula is C24H24N6O2. The van der Waals surface area contributed by atoms with E-state index in [0.29, 0.717) is 37.9 Å². The molecule has 1 saturated heterocycles. The highest BCUT2D eigenvalue weighted by molar-refractivity contribution is 5.93. The van der Waals surface area contributed by atoms with Crippen molar-refractivity contribution < 1.29 is 9.21 Å². The van der Waals surface area contributed by atoms with Gasteiger partial charge in [0.1, 0.15) is 11.6 Å². The average molecular weight is 428 g/mol. The number of carbonyl (C=O) groups excluding carboxylic acids is 1. The summed E-state index contributed by atoms with van der Waals surface area (Å²) < 4.78 is 7.22. The Morgan fingerprint density at radius 1 is 1.00 bits per heavy atom. The van der Waals surface area contributed by atoms with Gasteiger partial charge >= 0.3 is 0 Å². The summed E-state index contributed by atoms with van der Waals surface area (Å²) >= 11 is 0. The minimum Gasteiger partial charge on any atom is -0.459 e. The molecule has 1 saturated carbocycles. The maximum atomic E-state index is 12.7. The van der Waals surface area contributed by atoms with E-state index in [2.05, 4.69) is 4.90 Å². The summed E-state index contributed by atoms with van der Waals surface area (Å²) in [5, 5.41) is 5.81. The van der Waals surface area contributed by atoms with Gasteiger partial charge < -0.3 is 14.2 Å². The number of nitrogens with zero attached hydrogens (tertiary/aromatic N) is 6. The summed E-state index contributed by atoms with van der Waals surface area (Å²) in [7, 11) is 0. The molecule has 1 aliphatic carbocycles. The molecule has 0 spiro atoms. The number of para-hydroxylation sites is 1. The third kappa shape index (κ3) is 3.23. The van der Waals surface area contributed by atoms with E-state index >= 15 is 0 Å². The number of aryl methyl sites for hydroxylation is 1. The molecule has 4 aromatic rings. The standard InChI is InChI=1S/C24H24N6O2/c1-16-20-22(28-11-13-29(14-12-28)24(31)19-8-5-15-32-19)25-21(17-9-10-17)26-23(20)30(27-16)18-6-3-2-4-7-18/h2-8,15,17H,9-14H2,1H3. The molecule has 1 aromatic carbocycles. The van der Waals surface area contributed by atoms with Crippen molar-refractivity contribution in [1.82, 2.24) is 24.6 Å². The number of rotatable bonds is 4. The molecule has 1 aliphatic heterocycles. The van der Waals surface area contributed by atoms with Crippen molar-refractivity contribution >= 4 is 22.8 Å². The van der Waals surface area contributed by atoms with Gasteiger partial charge in [0.2, 0.25) is 0 Å². The lowest BCUT2D eigenvalue weighted by Crippen LogP contribution is -2.49. The van der Waals surface area contributed by atoms with E-state index in [1.807, 2.05) is 46.8 Å². The molecule has 162 valence electrons. The number of anilines is 1. The molecular weight excluding hydrogens is 404 g/mol. The van der Waals surface area contributed by atoms with E-state index < -0.39 is 0 Å². The number of benzene rings is 1. The Hall–Kier alpha value is -3.68. The van der Waals surface area contributed by atoms with Crippen LogP contribution in [0, 0.1) is 6.92 Å². The number of fused-ring (bicyclic) bond motifs is 1. The Morgan fingerprint density at radius 3 is 2.47 bits per heavy atom. The van der Waals surface area contributed by atoms with Crippen LogP contribution in [0.3, 0.4) is 0 Å². The Balaban J connectivity index is 1.36. The minimum absolute atomic E-state index is 0.0609. The van der Waals surface area contributed by atoms with Crippen LogP contribution in [0.5, 0.6) is 0 Å². The van der Waals surface area contributed by atoms with Gasteiger partial charge in [-0.2, -0.15) is 5.10 Å². The van der Waals surface area contributed by atoms with Crippen LogP contribution < -0.4 is 4.90 Å². The number of carbonyl (C=O) groups is 1. The zero-order valence-electron chi connectivity index (χ0n) is 17.9. The monoisotopic (exact) mass is 428 g/mol. The van der Waals surface area contributed by atoms with Gasteiger partial charge in [-0.15, -0.1) is 0 Å². The maximum absolute atomic E-state index is 12.7. The fraction of sp³-hybridized carbons (Fsp3) is 0.333. The van der Waals surface area contributed by atoms with Gasteiger partial charge in [-0.05, 0) is 44.0 Å². The van der Waals surface area contributed by atoms with Crippen LogP contribution in [0.2, 0.25) is 0 Å². The molecule has 0 unspecified atom stereocenters. The van der Waals surface area contributed by atoms with E-state index in [0.717, 1.165) is 46.9 Å². The number of hydrogen-bond donors (Lipinski definition) is 0. The normalized spacial score (nSPS) is 16.7. The highest BCUT2D eigenvalue weighted by Gasteiger charge is 2.32. The van der Waals surface area contributed by atoms with Gasteiger partial charge in [-0.1, -0.05) is 18.2 Å².